The molecule has 6 nitrogen and oxygen atoms in total. The number of amides is 1. The number of hydrogen-bond donors (Lipinski definition) is 1. The Morgan fingerprint density at radius 2 is 2.32 bits per heavy atom. The molecule has 7 heteroatoms. The average molecular weight is 282 g/mol. The lowest BCUT2D eigenvalue weighted by molar-refractivity contribution is 0.0815. The molecule has 0 unspecified atom stereocenters. The van der Waals surface area contributed by atoms with Crippen molar-refractivity contribution in [2.75, 3.05) is 50.5 Å². The van der Waals surface area contributed by atoms with Gasteiger partial charge in [-0.3, -0.25) is 4.79 Å². The molecule has 1 aliphatic heterocycles. The lowest BCUT2D eigenvalue weighted by atomic mass is 10.4. The van der Waals surface area contributed by atoms with Gasteiger partial charge in [0.05, 0.1) is 13.2 Å². The Balaban J connectivity index is 2.15. The molecule has 0 saturated carbocycles. The van der Waals surface area contributed by atoms with Crippen molar-refractivity contribution in [3.8, 4) is 0 Å². The van der Waals surface area contributed by atoms with Crippen LogP contribution in [-0.4, -0.2) is 55.7 Å². The van der Waals surface area contributed by atoms with Crippen LogP contribution in [0.3, 0.4) is 0 Å². The summed E-state index contributed by atoms with van der Waals surface area (Å²) in [6, 6.07) is 0. The SMILES string of the molecule is C=CCN(C)C(=O)c1sc(N2CCOCC2)nc1N. The fourth-order valence-electron chi connectivity index (χ4n) is 1.81. The molecule has 0 spiro atoms. The molecule has 1 aliphatic rings. The Bertz CT molecular complexity index is 468. The normalized spacial score (nSPS) is 15.3. The lowest BCUT2D eigenvalue weighted by Crippen LogP contribution is -2.36. The summed E-state index contributed by atoms with van der Waals surface area (Å²) >= 11 is 1.34. The first kappa shape index (κ1) is 13.8. The smallest absolute Gasteiger partial charge is 0.267 e. The minimum absolute atomic E-state index is 0.116. The van der Waals surface area contributed by atoms with Crippen LogP contribution in [0.25, 0.3) is 0 Å². The Morgan fingerprint density at radius 1 is 1.63 bits per heavy atom. The van der Waals surface area contributed by atoms with Gasteiger partial charge in [0.15, 0.2) is 5.13 Å². The van der Waals surface area contributed by atoms with Crippen LogP contribution in [0.15, 0.2) is 12.7 Å². The van der Waals surface area contributed by atoms with Gasteiger partial charge in [0, 0.05) is 26.7 Å². The van der Waals surface area contributed by atoms with Crippen LogP contribution >= 0.6 is 11.3 Å². The first-order valence-corrected chi connectivity index (χ1v) is 6.90. The number of nitrogens with two attached hydrogens (primary N) is 1. The van der Waals surface area contributed by atoms with E-state index in [1.54, 1.807) is 18.0 Å². The summed E-state index contributed by atoms with van der Waals surface area (Å²) in [4.78, 5) is 20.6. The second-order valence-corrected chi connectivity index (χ2v) is 5.26. The zero-order chi connectivity index (χ0) is 13.8. The Kier molecular flexibility index (Phi) is 4.39. The number of aromatic nitrogens is 1. The van der Waals surface area contributed by atoms with E-state index in [2.05, 4.69) is 16.5 Å². The maximum Gasteiger partial charge on any atom is 0.267 e. The van der Waals surface area contributed by atoms with Gasteiger partial charge in [0.1, 0.15) is 10.7 Å². The van der Waals surface area contributed by atoms with Crippen molar-refractivity contribution in [3.05, 3.63) is 17.5 Å². The van der Waals surface area contributed by atoms with Crippen LogP contribution in [0.4, 0.5) is 10.9 Å². The van der Waals surface area contributed by atoms with Crippen molar-refractivity contribution in [2.45, 2.75) is 0 Å². The van der Waals surface area contributed by atoms with E-state index < -0.39 is 0 Å². The third-order valence-electron chi connectivity index (χ3n) is 2.87. The second kappa shape index (κ2) is 6.03. The number of nitrogens with zero attached hydrogens (tertiary/aromatic N) is 3. The van der Waals surface area contributed by atoms with E-state index in [0.717, 1.165) is 18.2 Å². The number of ether oxygens (including phenoxy) is 1. The van der Waals surface area contributed by atoms with Crippen molar-refractivity contribution in [1.82, 2.24) is 9.88 Å². The van der Waals surface area contributed by atoms with Crippen LogP contribution in [0.1, 0.15) is 9.67 Å². The van der Waals surface area contributed by atoms with E-state index in [1.807, 2.05) is 0 Å². The number of thiazole rings is 1. The molecular formula is C12H18N4O2S. The van der Waals surface area contributed by atoms with Gasteiger partial charge in [-0.05, 0) is 0 Å². The molecule has 0 aromatic carbocycles. The van der Waals surface area contributed by atoms with Crippen molar-refractivity contribution in [3.63, 3.8) is 0 Å². The summed E-state index contributed by atoms with van der Waals surface area (Å²) in [7, 11) is 1.72. The van der Waals surface area contributed by atoms with Crippen molar-refractivity contribution in [1.29, 1.82) is 0 Å². The van der Waals surface area contributed by atoms with E-state index in [-0.39, 0.29) is 5.91 Å². The molecular weight excluding hydrogens is 264 g/mol. The number of hydrogen-bond acceptors (Lipinski definition) is 6. The molecule has 0 aliphatic carbocycles. The number of morpholine rings is 1. The number of carbonyl (C=O) groups excluding carboxylic acids is 1. The molecule has 2 rings (SSSR count). The Hall–Kier alpha value is -1.60. The highest BCUT2D eigenvalue weighted by atomic mass is 32.1. The largest absolute Gasteiger partial charge is 0.382 e. The topological polar surface area (TPSA) is 71.7 Å². The standard InChI is InChI=1S/C12H18N4O2S/c1-3-4-15(2)11(17)9-10(13)14-12(19-9)16-5-7-18-8-6-16/h3H,1,4-8,13H2,2H3. The molecule has 0 bridgehead atoms. The predicted octanol–water partition coefficient (Wildman–Crippen LogP) is 0.820. The average Bonchev–Trinajstić information content (AvgIpc) is 2.81. The number of carbonyl (C=O) groups is 1. The molecule has 1 amide bonds. The molecule has 1 aromatic rings. The lowest BCUT2D eigenvalue weighted by Gasteiger charge is -2.25. The molecule has 1 saturated heterocycles. The van der Waals surface area contributed by atoms with Crippen LogP contribution < -0.4 is 10.6 Å². The van der Waals surface area contributed by atoms with E-state index in [9.17, 15) is 4.79 Å². The quantitative estimate of drug-likeness (QED) is 0.828. The van der Waals surface area contributed by atoms with Crippen LogP contribution in [-0.2, 0) is 4.74 Å². The first-order valence-electron chi connectivity index (χ1n) is 6.09. The van der Waals surface area contributed by atoms with Gasteiger partial charge >= 0.3 is 0 Å². The zero-order valence-electron chi connectivity index (χ0n) is 11.0. The monoisotopic (exact) mass is 282 g/mol. The third kappa shape index (κ3) is 3.05. The maximum atomic E-state index is 12.2. The van der Waals surface area contributed by atoms with Crippen molar-refractivity contribution in [2.24, 2.45) is 0 Å². The van der Waals surface area contributed by atoms with Gasteiger partial charge in [-0.2, -0.15) is 0 Å². The molecule has 0 atom stereocenters. The highest BCUT2D eigenvalue weighted by Gasteiger charge is 2.22. The fourth-order valence-corrected chi connectivity index (χ4v) is 2.84. The maximum absolute atomic E-state index is 12.2. The van der Waals surface area contributed by atoms with Crippen LogP contribution in [0, 0.1) is 0 Å². The molecule has 1 fully saturated rings. The second-order valence-electron chi connectivity index (χ2n) is 4.28. The highest BCUT2D eigenvalue weighted by molar-refractivity contribution is 7.18. The number of anilines is 2. The highest BCUT2D eigenvalue weighted by Crippen LogP contribution is 2.29. The van der Waals surface area contributed by atoms with Gasteiger partial charge in [0.2, 0.25) is 0 Å². The minimum Gasteiger partial charge on any atom is -0.382 e. The summed E-state index contributed by atoms with van der Waals surface area (Å²) in [6.07, 6.45) is 1.68. The molecule has 2 heterocycles. The zero-order valence-corrected chi connectivity index (χ0v) is 11.8. The summed E-state index contributed by atoms with van der Waals surface area (Å²) in [5.41, 5.74) is 5.85. The first-order chi connectivity index (χ1) is 9.13. The Labute approximate surface area is 116 Å². The number of rotatable bonds is 4. The fraction of sp³-hybridized carbons (Fsp3) is 0.500. The van der Waals surface area contributed by atoms with Crippen molar-refractivity contribution >= 4 is 28.2 Å². The van der Waals surface area contributed by atoms with Crippen LogP contribution in [0.5, 0.6) is 0 Å². The van der Waals surface area contributed by atoms with Gasteiger partial charge in [-0.25, -0.2) is 4.98 Å². The summed E-state index contributed by atoms with van der Waals surface area (Å²) in [5.74, 6) is 0.182. The van der Waals surface area contributed by atoms with E-state index in [0.29, 0.717) is 30.5 Å². The minimum atomic E-state index is -0.116. The molecule has 2 N–H and O–H groups in total. The van der Waals surface area contributed by atoms with E-state index >= 15 is 0 Å². The van der Waals surface area contributed by atoms with Gasteiger partial charge < -0.3 is 20.3 Å². The summed E-state index contributed by atoms with van der Waals surface area (Å²) < 4.78 is 5.29. The summed E-state index contributed by atoms with van der Waals surface area (Å²) in [6.45, 7) is 7.03. The van der Waals surface area contributed by atoms with E-state index in [1.165, 1.54) is 11.3 Å². The van der Waals surface area contributed by atoms with Crippen molar-refractivity contribution < 1.29 is 9.53 Å². The van der Waals surface area contributed by atoms with Crippen LogP contribution in [0.2, 0.25) is 0 Å². The molecule has 1 aromatic heterocycles. The van der Waals surface area contributed by atoms with E-state index in [4.69, 9.17) is 10.5 Å². The van der Waals surface area contributed by atoms with Gasteiger partial charge in [-0.15, -0.1) is 6.58 Å². The summed E-state index contributed by atoms with van der Waals surface area (Å²) in [5, 5.41) is 0.788. The molecule has 0 radical (unpaired) electrons. The third-order valence-corrected chi connectivity index (χ3v) is 3.99. The van der Waals surface area contributed by atoms with Gasteiger partial charge in [-0.1, -0.05) is 17.4 Å². The molecule has 104 valence electrons. The number of nitrogen functional groups attached to an aromatic ring is 1. The Morgan fingerprint density at radius 3 is 2.95 bits per heavy atom. The van der Waals surface area contributed by atoms with Gasteiger partial charge in [0.25, 0.3) is 5.91 Å². The number of likely N-dealkylation sites (N-methyl/N-ethyl adjacent to an activating group) is 1. The predicted molar refractivity (Wildman–Crippen MR) is 76.7 cm³/mol. The molecule has 19 heavy (non-hydrogen) atoms.